The van der Waals surface area contributed by atoms with Crippen LogP contribution in [0.5, 0.6) is 0 Å². The molecule has 0 aromatic carbocycles. The van der Waals surface area contributed by atoms with E-state index >= 15 is 0 Å². The first-order valence-corrected chi connectivity index (χ1v) is 4.37. The largest absolute Gasteiger partial charge is 0.462 e. The fourth-order valence-electron chi connectivity index (χ4n) is 2.42. The standard InChI is InChI=1S/C9H12O3/c1-5-2-8-6(7(5)4-10)3-9(11)12-8/h4-8H,2-3H2,1H3/t5-,6-,7+,8+/m1/s1. The van der Waals surface area contributed by atoms with E-state index < -0.39 is 0 Å². The van der Waals surface area contributed by atoms with Crippen LogP contribution in [0.25, 0.3) is 0 Å². The fourth-order valence-corrected chi connectivity index (χ4v) is 2.42. The monoisotopic (exact) mass is 168 g/mol. The average molecular weight is 168 g/mol. The first-order valence-electron chi connectivity index (χ1n) is 4.37. The molecule has 0 unspecified atom stereocenters. The van der Waals surface area contributed by atoms with Gasteiger partial charge in [0.1, 0.15) is 12.4 Å². The number of aldehydes is 1. The highest BCUT2D eigenvalue weighted by Gasteiger charge is 2.48. The molecule has 3 heteroatoms. The molecule has 0 aromatic rings. The minimum absolute atomic E-state index is 0.0303. The van der Waals surface area contributed by atoms with Gasteiger partial charge in [-0.05, 0) is 12.3 Å². The molecular weight excluding hydrogens is 156 g/mol. The SMILES string of the molecule is C[C@@H]1C[C@@H]2OC(=O)C[C@@H]2[C@H]1C=O. The summed E-state index contributed by atoms with van der Waals surface area (Å²) in [7, 11) is 0. The molecular formula is C9H12O3. The lowest BCUT2D eigenvalue weighted by Crippen LogP contribution is -2.16. The minimum Gasteiger partial charge on any atom is -0.462 e. The summed E-state index contributed by atoms with van der Waals surface area (Å²) in [6.45, 7) is 2.05. The smallest absolute Gasteiger partial charge is 0.306 e. The number of fused-ring (bicyclic) bond motifs is 1. The fraction of sp³-hybridized carbons (Fsp3) is 0.778. The van der Waals surface area contributed by atoms with E-state index in [9.17, 15) is 9.59 Å². The van der Waals surface area contributed by atoms with Gasteiger partial charge in [-0.1, -0.05) is 6.92 Å². The molecule has 1 aliphatic heterocycles. The molecule has 1 saturated heterocycles. The molecule has 1 saturated carbocycles. The second-order valence-corrected chi connectivity index (χ2v) is 3.82. The molecule has 66 valence electrons. The average Bonchev–Trinajstić information content (AvgIpc) is 2.43. The Hall–Kier alpha value is -0.860. The molecule has 0 aromatic heterocycles. The Labute approximate surface area is 71.1 Å². The first-order chi connectivity index (χ1) is 5.72. The van der Waals surface area contributed by atoms with Crippen molar-refractivity contribution in [1.82, 2.24) is 0 Å². The summed E-state index contributed by atoms with van der Waals surface area (Å²) in [5, 5.41) is 0. The van der Waals surface area contributed by atoms with Crippen molar-refractivity contribution in [3.63, 3.8) is 0 Å². The molecule has 1 aliphatic carbocycles. The molecule has 4 atom stereocenters. The summed E-state index contributed by atoms with van der Waals surface area (Å²) < 4.78 is 5.09. The Morgan fingerprint density at radius 1 is 1.58 bits per heavy atom. The van der Waals surface area contributed by atoms with Crippen molar-refractivity contribution in [2.45, 2.75) is 25.9 Å². The maximum absolute atomic E-state index is 10.9. The normalized spacial score (nSPS) is 45.6. The zero-order valence-corrected chi connectivity index (χ0v) is 7.03. The third kappa shape index (κ3) is 0.958. The van der Waals surface area contributed by atoms with Crippen LogP contribution in [0.15, 0.2) is 0 Å². The van der Waals surface area contributed by atoms with Crippen molar-refractivity contribution in [3.05, 3.63) is 0 Å². The Bertz CT molecular complexity index is 224. The van der Waals surface area contributed by atoms with E-state index in [1.165, 1.54) is 0 Å². The number of rotatable bonds is 1. The van der Waals surface area contributed by atoms with Crippen molar-refractivity contribution in [1.29, 1.82) is 0 Å². The Morgan fingerprint density at radius 2 is 2.33 bits per heavy atom. The summed E-state index contributed by atoms with van der Waals surface area (Å²) in [6, 6.07) is 0. The van der Waals surface area contributed by atoms with Gasteiger partial charge < -0.3 is 9.53 Å². The topological polar surface area (TPSA) is 43.4 Å². The van der Waals surface area contributed by atoms with E-state index in [2.05, 4.69) is 0 Å². The van der Waals surface area contributed by atoms with E-state index in [-0.39, 0.29) is 23.9 Å². The van der Waals surface area contributed by atoms with Crippen molar-refractivity contribution >= 4 is 12.3 Å². The molecule has 0 spiro atoms. The summed E-state index contributed by atoms with van der Waals surface area (Å²) in [4.78, 5) is 21.6. The van der Waals surface area contributed by atoms with Crippen molar-refractivity contribution in [2.75, 3.05) is 0 Å². The molecule has 0 radical (unpaired) electrons. The number of esters is 1. The van der Waals surface area contributed by atoms with Gasteiger partial charge in [-0.3, -0.25) is 4.79 Å². The first kappa shape index (κ1) is 7.77. The van der Waals surface area contributed by atoms with Crippen LogP contribution in [-0.2, 0) is 14.3 Å². The predicted octanol–water partition coefficient (Wildman–Crippen LogP) is 0.773. The quantitative estimate of drug-likeness (QED) is 0.429. The van der Waals surface area contributed by atoms with E-state index in [0.29, 0.717) is 12.3 Å². The van der Waals surface area contributed by atoms with Gasteiger partial charge in [-0.15, -0.1) is 0 Å². The molecule has 2 aliphatic rings. The number of carbonyl (C=O) groups is 2. The predicted molar refractivity (Wildman–Crippen MR) is 41.3 cm³/mol. The highest BCUT2D eigenvalue weighted by Crippen LogP contribution is 2.43. The third-order valence-electron chi connectivity index (χ3n) is 3.08. The van der Waals surface area contributed by atoms with Crippen LogP contribution in [0, 0.1) is 17.8 Å². The zero-order valence-electron chi connectivity index (χ0n) is 7.03. The molecule has 12 heavy (non-hydrogen) atoms. The zero-order chi connectivity index (χ0) is 8.72. The van der Waals surface area contributed by atoms with E-state index in [4.69, 9.17) is 4.74 Å². The van der Waals surface area contributed by atoms with Crippen LogP contribution in [0.4, 0.5) is 0 Å². The second kappa shape index (κ2) is 2.57. The van der Waals surface area contributed by atoms with Crippen molar-refractivity contribution in [3.8, 4) is 0 Å². The van der Waals surface area contributed by atoms with Gasteiger partial charge in [0.2, 0.25) is 0 Å². The van der Waals surface area contributed by atoms with Crippen molar-refractivity contribution < 1.29 is 14.3 Å². The Balaban J connectivity index is 2.16. The van der Waals surface area contributed by atoms with Gasteiger partial charge in [0.25, 0.3) is 0 Å². The molecule has 2 rings (SSSR count). The Morgan fingerprint density at radius 3 is 3.00 bits per heavy atom. The summed E-state index contributed by atoms with van der Waals surface area (Å²) in [6.07, 6.45) is 2.32. The van der Waals surface area contributed by atoms with E-state index in [1.807, 2.05) is 6.92 Å². The highest BCUT2D eigenvalue weighted by atomic mass is 16.6. The van der Waals surface area contributed by atoms with Crippen LogP contribution in [0.3, 0.4) is 0 Å². The van der Waals surface area contributed by atoms with Crippen LogP contribution in [-0.4, -0.2) is 18.4 Å². The van der Waals surface area contributed by atoms with Gasteiger partial charge in [0.15, 0.2) is 0 Å². The molecule has 3 nitrogen and oxygen atoms in total. The van der Waals surface area contributed by atoms with Gasteiger partial charge in [-0.2, -0.15) is 0 Å². The van der Waals surface area contributed by atoms with Crippen molar-refractivity contribution in [2.24, 2.45) is 17.8 Å². The number of carbonyl (C=O) groups excluding carboxylic acids is 2. The minimum atomic E-state index is -0.135. The van der Waals surface area contributed by atoms with Crippen LogP contribution in [0.2, 0.25) is 0 Å². The molecule has 0 amide bonds. The summed E-state index contributed by atoms with van der Waals surface area (Å²) >= 11 is 0. The van der Waals surface area contributed by atoms with Gasteiger partial charge in [0, 0.05) is 11.8 Å². The lowest BCUT2D eigenvalue weighted by atomic mass is 9.90. The third-order valence-corrected chi connectivity index (χ3v) is 3.08. The maximum atomic E-state index is 10.9. The lowest BCUT2D eigenvalue weighted by molar-refractivity contribution is -0.141. The molecule has 1 heterocycles. The second-order valence-electron chi connectivity index (χ2n) is 3.82. The maximum Gasteiger partial charge on any atom is 0.306 e. The van der Waals surface area contributed by atoms with Gasteiger partial charge in [0.05, 0.1) is 6.42 Å². The highest BCUT2D eigenvalue weighted by molar-refractivity contribution is 5.73. The van der Waals surface area contributed by atoms with E-state index in [0.717, 1.165) is 12.7 Å². The summed E-state index contributed by atoms with van der Waals surface area (Å²) in [5.41, 5.74) is 0. The number of hydrogen-bond donors (Lipinski definition) is 0. The Kier molecular flexibility index (Phi) is 1.67. The molecule has 0 N–H and O–H groups in total. The number of ether oxygens (including phenoxy) is 1. The van der Waals surface area contributed by atoms with E-state index in [1.54, 1.807) is 0 Å². The van der Waals surface area contributed by atoms with Crippen LogP contribution in [0.1, 0.15) is 19.8 Å². The van der Waals surface area contributed by atoms with Crippen LogP contribution < -0.4 is 0 Å². The van der Waals surface area contributed by atoms with Gasteiger partial charge >= 0.3 is 5.97 Å². The summed E-state index contributed by atoms with van der Waals surface area (Å²) in [5.74, 6) is 0.459. The lowest BCUT2D eigenvalue weighted by Gasteiger charge is -2.10. The molecule has 0 bridgehead atoms. The number of hydrogen-bond acceptors (Lipinski definition) is 3. The van der Waals surface area contributed by atoms with Gasteiger partial charge in [-0.25, -0.2) is 0 Å². The molecule has 2 fully saturated rings. The van der Waals surface area contributed by atoms with Crippen LogP contribution >= 0.6 is 0 Å².